The SMILES string of the molecule is Cc1ccc(NC(=O)C(C)C)cc1NCC(=O)NCC(=O)N1CCCC1. The van der Waals surface area contributed by atoms with Gasteiger partial charge in [0.15, 0.2) is 0 Å². The number of anilines is 2. The van der Waals surface area contributed by atoms with Crippen LogP contribution in [0.1, 0.15) is 32.3 Å². The first-order valence-corrected chi connectivity index (χ1v) is 9.06. The average molecular weight is 360 g/mol. The summed E-state index contributed by atoms with van der Waals surface area (Å²) in [6.07, 6.45) is 2.06. The summed E-state index contributed by atoms with van der Waals surface area (Å²) in [4.78, 5) is 37.5. The molecule has 1 heterocycles. The minimum Gasteiger partial charge on any atom is -0.376 e. The lowest BCUT2D eigenvalue weighted by Gasteiger charge is -2.16. The number of hydrogen-bond donors (Lipinski definition) is 3. The Hall–Kier alpha value is -2.57. The third kappa shape index (κ3) is 5.75. The van der Waals surface area contributed by atoms with Crippen LogP contribution in [0.3, 0.4) is 0 Å². The maximum absolute atomic E-state index is 12.0. The third-order valence-electron chi connectivity index (χ3n) is 4.36. The van der Waals surface area contributed by atoms with Gasteiger partial charge in [-0.2, -0.15) is 0 Å². The molecule has 7 nitrogen and oxygen atoms in total. The summed E-state index contributed by atoms with van der Waals surface area (Å²) in [6.45, 7) is 7.24. The van der Waals surface area contributed by atoms with Crippen LogP contribution in [0.5, 0.6) is 0 Å². The minimum atomic E-state index is -0.242. The molecule has 1 aliphatic rings. The van der Waals surface area contributed by atoms with Crippen molar-refractivity contribution >= 4 is 29.1 Å². The molecule has 1 aromatic carbocycles. The van der Waals surface area contributed by atoms with Crippen molar-refractivity contribution in [1.82, 2.24) is 10.2 Å². The fourth-order valence-electron chi connectivity index (χ4n) is 2.67. The molecular weight excluding hydrogens is 332 g/mol. The fraction of sp³-hybridized carbons (Fsp3) is 0.526. The average Bonchev–Trinajstić information content (AvgIpc) is 3.14. The first-order chi connectivity index (χ1) is 12.4. The van der Waals surface area contributed by atoms with Crippen LogP contribution < -0.4 is 16.0 Å². The van der Waals surface area contributed by atoms with Crippen molar-refractivity contribution in [2.75, 3.05) is 36.8 Å². The van der Waals surface area contributed by atoms with E-state index in [1.54, 1.807) is 11.0 Å². The molecule has 26 heavy (non-hydrogen) atoms. The second-order valence-electron chi connectivity index (χ2n) is 6.89. The van der Waals surface area contributed by atoms with E-state index in [-0.39, 0.29) is 36.7 Å². The van der Waals surface area contributed by atoms with Gasteiger partial charge >= 0.3 is 0 Å². The van der Waals surface area contributed by atoms with E-state index >= 15 is 0 Å². The van der Waals surface area contributed by atoms with Gasteiger partial charge in [-0.05, 0) is 37.5 Å². The lowest BCUT2D eigenvalue weighted by Crippen LogP contribution is -2.40. The molecule has 0 aromatic heterocycles. The zero-order valence-corrected chi connectivity index (χ0v) is 15.7. The van der Waals surface area contributed by atoms with Gasteiger partial charge in [-0.15, -0.1) is 0 Å². The number of benzene rings is 1. The molecule has 0 saturated carbocycles. The highest BCUT2D eigenvalue weighted by molar-refractivity contribution is 5.93. The summed E-state index contributed by atoms with van der Waals surface area (Å²) >= 11 is 0. The summed E-state index contributed by atoms with van der Waals surface area (Å²) in [6, 6.07) is 5.51. The molecule has 3 N–H and O–H groups in total. The second kappa shape index (κ2) is 9.22. The quantitative estimate of drug-likeness (QED) is 0.691. The van der Waals surface area contributed by atoms with E-state index in [2.05, 4.69) is 16.0 Å². The molecule has 0 bridgehead atoms. The van der Waals surface area contributed by atoms with Gasteiger partial charge < -0.3 is 20.9 Å². The Bertz CT molecular complexity index is 667. The molecule has 2 rings (SSSR count). The summed E-state index contributed by atoms with van der Waals surface area (Å²) in [5, 5.41) is 8.55. The molecule has 1 aliphatic heterocycles. The molecule has 1 saturated heterocycles. The number of amides is 3. The first-order valence-electron chi connectivity index (χ1n) is 9.06. The predicted molar refractivity (Wildman–Crippen MR) is 102 cm³/mol. The number of nitrogens with one attached hydrogen (secondary N) is 3. The highest BCUT2D eigenvalue weighted by Gasteiger charge is 2.18. The summed E-state index contributed by atoms with van der Waals surface area (Å²) < 4.78 is 0. The maximum atomic E-state index is 12.0. The number of rotatable bonds is 7. The van der Waals surface area contributed by atoms with Crippen LogP contribution in [0.15, 0.2) is 18.2 Å². The topological polar surface area (TPSA) is 90.5 Å². The molecule has 7 heteroatoms. The van der Waals surface area contributed by atoms with E-state index in [9.17, 15) is 14.4 Å². The Morgan fingerprint density at radius 2 is 1.81 bits per heavy atom. The molecule has 1 aromatic rings. The molecular formula is C19H28N4O3. The van der Waals surface area contributed by atoms with Crippen LogP contribution >= 0.6 is 0 Å². The third-order valence-corrected chi connectivity index (χ3v) is 4.36. The maximum Gasteiger partial charge on any atom is 0.241 e. The van der Waals surface area contributed by atoms with Gasteiger partial charge in [-0.25, -0.2) is 0 Å². The molecule has 0 radical (unpaired) electrons. The van der Waals surface area contributed by atoms with E-state index in [0.717, 1.165) is 37.2 Å². The number of carbonyl (C=O) groups is 3. The van der Waals surface area contributed by atoms with Crippen LogP contribution in [0.25, 0.3) is 0 Å². The molecule has 0 aliphatic carbocycles. The zero-order valence-electron chi connectivity index (χ0n) is 15.7. The fourth-order valence-corrected chi connectivity index (χ4v) is 2.67. The lowest BCUT2D eigenvalue weighted by molar-refractivity contribution is -0.131. The van der Waals surface area contributed by atoms with Crippen molar-refractivity contribution in [3.05, 3.63) is 23.8 Å². The number of likely N-dealkylation sites (tertiary alicyclic amines) is 1. The Kier molecular flexibility index (Phi) is 7.00. The number of hydrogen-bond acceptors (Lipinski definition) is 4. The van der Waals surface area contributed by atoms with Crippen LogP contribution in [0, 0.1) is 12.8 Å². The van der Waals surface area contributed by atoms with Gasteiger partial charge in [0.25, 0.3) is 0 Å². The largest absolute Gasteiger partial charge is 0.376 e. The van der Waals surface area contributed by atoms with Crippen molar-refractivity contribution in [2.24, 2.45) is 5.92 Å². The van der Waals surface area contributed by atoms with Gasteiger partial charge in [0, 0.05) is 30.4 Å². The predicted octanol–water partition coefficient (Wildman–Crippen LogP) is 1.74. The van der Waals surface area contributed by atoms with Crippen LogP contribution in [-0.4, -0.2) is 48.8 Å². The molecule has 0 atom stereocenters. The van der Waals surface area contributed by atoms with E-state index in [1.807, 2.05) is 32.9 Å². The Labute approximate surface area is 154 Å². The monoisotopic (exact) mass is 360 g/mol. The standard InChI is InChI=1S/C19H28N4O3/c1-13(2)19(26)22-15-7-6-14(3)16(10-15)20-11-17(24)21-12-18(25)23-8-4-5-9-23/h6-7,10,13,20H,4-5,8-9,11-12H2,1-3H3,(H,21,24)(H,22,26). The van der Waals surface area contributed by atoms with Gasteiger partial charge in [0.2, 0.25) is 17.7 Å². The van der Waals surface area contributed by atoms with E-state index in [4.69, 9.17) is 0 Å². The second-order valence-corrected chi connectivity index (χ2v) is 6.89. The van der Waals surface area contributed by atoms with Crippen molar-refractivity contribution in [1.29, 1.82) is 0 Å². The highest BCUT2D eigenvalue weighted by atomic mass is 16.2. The molecule has 3 amide bonds. The van der Waals surface area contributed by atoms with Gasteiger partial charge in [0.05, 0.1) is 13.1 Å². The molecule has 1 fully saturated rings. The number of aryl methyl sites for hydroxylation is 1. The number of nitrogens with zero attached hydrogens (tertiary/aromatic N) is 1. The Balaban J connectivity index is 1.82. The van der Waals surface area contributed by atoms with Gasteiger partial charge in [-0.1, -0.05) is 19.9 Å². The molecule has 142 valence electrons. The van der Waals surface area contributed by atoms with E-state index in [1.165, 1.54) is 0 Å². The molecule has 0 unspecified atom stereocenters. The van der Waals surface area contributed by atoms with Crippen molar-refractivity contribution in [2.45, 2.75) is 33.6 Å². The molecule has 0 spiro atoms. The number of carbonyl (C=O) groups excluding carboxylic acids is 3. The smallest absolute Gasteiger partial charge is 0.241 e. The van der Waals surface area contributed by atoms with Crippen molar-refractivity contribution < 1.29 is 14.4 Å². The van der Waals surface area contributed by atoms with E-state index < -0.39 is 0 Å². The zero-order chi connectivity index (χ0) is 19.1. The Morgan fingerprint density at radius 3 is 2.46 bits per heavy atom. The van der Waals surface area contributed by atoms with Crippen LogP contribution in [0.2, 0.25) is 0 Å². The highest BCUT2D eigenvalue weighted by Crippen LogP contribution is 2.20. The van der Waals surface area contributed by atoms with E-state index in [0.29, 0.717) is 5.69 Å². The van der Waals surface area contributed by atoms with Gasteiger partial charge in [0.1, 0.15) is 0 Å². The van der Waals surface area contributed by atoms with Crippen molar-refractivity contribution in [3.63, 3.8) is 0 Å². The van der Waals surface area contributed by atoms with Crippen LogP contribution in [0.4, 0.5) is 11.4 Å². The first kappa shape index (κ1) is 19.8. The minimum absolute atomic E-state index is 0.0317. The van der Waals surface area contributed by atoms with Crippen LogP contribution in [-0.2, 0) is 14.4 Å². The summed E-state index contributed by atoms with van der Waals surface area (Å²) in [7, 11) is 0. The summed E-state index contributed by atoms with van der Waals surface area (Å²) in [5.41, 5.74) is 2.42. The lowest BCUT2D eigenvalue weighted by atomic mass is 10.1. The van der Waals surface area contributed by atoms with Crippen molar-refractivity contribution in [3.8, 4) is 0 Å². The normalized spacial score (nSPS) is 13.6. The summed E-state index contributed by atoms with van der Waals surface area (Å²) in [5.74, 6) is -0.441. The Morgan fingerprint density at radius 1 is 1.12 bits per heavy atom. The van der Waals surface area contributed by atoms with Gasteiger partial charge in [-0.3, -0.25) is 14.4 Å².